The van der Waals surface area contributed by atoms with E-state index >= 15 is 0 Å². The van der Waals surface area contributed by atoms with E-state index in [1.807, 2.05) is 6.07 Å². The molecule has 9 nitrogen and oxygen atoms in total. The number of hydrogen-bond donors (Lipinski definition) is 2. The number of nitriles is 2. The van der Waals surface area contributed by atoms with Gasteiger partial charge in [-0.25, -0.2) is 9.18 Å². The molecule has 4 amide bonds. The van der Waals surface area contributed by atoms with Crippen molar-refractivity contribution in [3.63, 3.8) is 0 Å². The second-order valence-corrected chi connectivity index (χ2v) is 5.62. The Morgan fingerprint density at radius 3 is 2.19 bits per heavy atom. The summed E-state index contributed by atoms with van der Waals surface area (Å²) >= 11 is 0. The minimum Gasteiger partial charge on any atom is -0.332 e. The van der Waals surface area contributed by atoms with Crippen molar-refractivity contribution in [1.82, 2.24) is 15.1 Å². The Morgan fingerprint density at radius 1 is 1.07 bits per heavy atom. The predicted molar refractivity (Wildman–Crippen MR) is 93.5 cm³/mol. The third kappa shape index (κ3) is 7.00. The Hall–Kier alpha value is -3.66. The van der Waals surface area contributed by atoms with Crippen LogP contribution in [0.25, 0.3) is 0 Å². The molecule has 1 aromatic carbocycles. The summed E-state index contributed by atoms with van der Waals surface area (Å²) in [6, 6.07) is 6.56. The molecule has 0 saturated carbocycles. The molecular formula is C17H19FN6O3. The number of benzene rings is 1. The number of nitrogens with zero attached hydrogens (tertiary/aromatic N) is 4. The summed E-state index contributed by atoms with van der Waals surface area (Å²) in [7, 11) is 2.76. The van der Waals surface area contributed by atoms with Crippen LogP contribution in [-0.2, 0) is 9.59 Å². The van der Waals surface area contributed by atoms with Gasteiger partial charge in [0, 0.05) is 19.8 Å². The zero-order chi connectivity index (χ0) is 20.4. The summed E-state index contributed by atoms with van der Waals surface area (Å²) in [4.78, 5) is 38.9. The van der Waals surface area contributed by atoms with Gasteiger partial charge in [-0.15, -0.1) is 0 Å². The summed E-state index contributed by atoms with van der Waals surface area (Å²) < 4.78 is 12.9. The molecular weight excluding hydrogens is 355 g/mol. The molecule has 27 heavy (non-hydrogen) atoms. The Labute approximate surface area is 156 Å². The van der Waals surface area contributed by atoms with Gasteiger partial charge in [-0.3, -0.25) is 9.59 Å². The Balaban J connectivity index is 2.86. The van der Waals surface area contributed by atoms with Crippen molar-refractivity contribution in [2.45, 2.75) is 12.5 Å². The molecule has 0 aliphatic rings. The lowest BCUT2D eigenvalue weighted by molar-refractivity contribution is -0.137. The average Bonchev–Trinajstić information content (AvgIpc) is 2.62. The number of hydrogen-bond acceptors (Lipinski definition) is 5. The second-order valence-electron chi connectivity index (χ2n) is 5.62. The largest absolute Gasteiger partial charge is 0.332 e. The Bertz CT molecular complexity index is 768. The van der Waals surface area contributed by atoms with E-state index in [4.69, 9.17) is 10.5 Å². The van der Waals surface area contributed by atoms with Gasteiger partial charge in [0.25, 0.3) is 0 Å². The quantitative estimate of drug-likeness (QED) is 0.678. The zero-order valence-corrected chi connectivity index (χ0v) is 14.9. The maximum atomic E-state index is 12.9. The highest BCUT2D eigenvalue weighted by Crippen LogP contribution is 2.09. The number of carbonyl (C=O) groups excluding carboxylic acids is 3. The van der Waals surface area contributed by atoms with E-state index < -0.39 is 29.7 Å². The van der Waals surface area contributed by atoms with E-state index in [0.29, 0.717) is 5.69 Å². The summed E-state index contributed by atoms with van der Waals surface area (Å²) in [6.45, 7) is -0.394. The lowest BCUT2D eigenvalue weighted by Crippen LogP contribution is -2.50. The lowest BCUT2D eigenvalue weighted by Gasteiger charge is -2.24. The van der Waals surface area contributed by atoms with E-state index in [0.717, 1.165) is 21.9 Å². The molecule has 1 unspecified atom stereocenters. The first kappa shape index (κ1) is 21.4. The van der Waals surface area contributed by atoms with Crippen LogP contribution in [-0.4, -0.2) is 60.9 Å². The molecule has 0 bridgehead atoms. The van der Waals surface area contributed by atoms with Crippen molar-refractivity contribution in [1.29, 1.82) is 10.5 Å². The highest BCUT2D eigenvalue weighted by atomic mass is 19.1. The minimum absolute atomic E-state index is 0.171. The van der Waals surface area contributed by atoms with Crippen LogP contribution < -0.4 is 10.6 Å². The van der Waals surface area contributed by atoms with Gasteiger partial charge in [0.05, 0.1) is 18.6 Å². The standard InChI is InChI=1S/C17H19FN6O3/c1-23(9-7-19)15(25)11-14(16(26)24(2)10-8-20)22-17(27)21-13-5-3-12(18)4-6-13/h3-6,14H,9-11H2,1-2H3,(H2,21,22,27). The monoisotopic (exact) mass is 374 g/mol. The number of likely N-dealkylation sites (N-methyl/N-ethyl adjacent to an activating group) is 1. The SMILES string of the molecule is CN(CC#N)C(=O)CC(NC(=O)Nc1ccc(F)cc1)C(=O)N(C)CC#N. The minimum atomic E-state index is -1.24. The number of amides is 4. The third-order valence-electron chi connectivity index (χ3n) is 3.50. The van der Waals surface area contributed by atoms with E-state index in [-0.39, 0.29) is 19.5 Å². The van der Waals surface area contributed by atoms with Crippen molar-refractivity contribution in [3.8, 4) is 12.1 Å². The maximum Gasteiger partial charge on any atom is 0.319 e. The molecule has 0 heterocycles. The van der Waals surface area contributed by atoms with Crippen molar-refractivity contribution in [2.24, 2.45) is 0 Å². The van der Waals surface area contributed by atoms with Crippen LogP contribution in [0.4, 0.5) is 14.9 Å². The highest BCUT2D eigenvalue weighted by molar-refractivity contribution is 5.95. The molecule has 0 aromatic heterocycles. The van der Waals surface area contributed by atoms with Crippen LogP contribution in [0.15, 0.2) is 24.3 Å². The van der Waals surface area contributed by atoms with Crippen molar-refractivity contribution in [3.05, 3.63) is 30.1 Å². The molecule has 0 aliphatic carbocycles. The van der Waals surface area contributed by atoms with E-state index in [9.17, 15) is 18.8 Å². The van der Waals surface area contributed by atoms with E-state index in [1.54, 1.807) is 6.07 Å². The first-order chi connectivity index (χ1) is 12.8. The van der Waals surface area contributed by atoms with Gasteiger partial charge < -0.3 is 20.4 Å². The maximum absolute atomic E-state index is 12.9. The molecule has 2 N–H and O–H groups in total. The van der Waals surface area contributed by atoms with Gasteiger partial charge in [-0.1, -0.05) is 0 Å². The highest BCUT2D eigenvalue weighted by Gasteiger charge is 2.27. The summed E-state index contributed by atoms with van der Waals surface area (Å²) in [5.74, 6) is -1.63. The fraction of sp³-hybridized carbons (Fsp3) is 0.353. The van der Waals surface area contributed by atoms with Gasteiger partial charge in [0.1, 0.15) is 24.9 Å². The van der Waals surface area contributed by atoms with E-state index in [1.165, 1.54) is 26.2 Å². The fourth-order valence-electron chi connectivity index (χ4n) is 2.03. The van der Waals surface area contributed by atoms with Crippen LogP contribution in [0.2, 0.25) is 0 Å². The molecule has 0 fully saturated rings. The summed E-state index contributed by atoms with van der Waals surface area (Å²) in [6.07, 6.45) is -0.385. The van der Waals surface area contributed by atoms with Crippen molar-refractivity contribution in [2.75, 3.05) is 32.5 Å². The predicted octanol–water partition coefficient (Wildman–Crippen LogP) is 0.670. The summed E-state index contributed by atoms with van der Waals surface area (Å²) in [5.41, 5.74) is 0.290. The van der Waals surface area contributed by atoms with Crippen molar-refractivity contribution >= 4 is 23.5 Å². The molecule has 0 aliphatic heterocycles. The van der Waals surface area contributed by atoms with Crippen LogP contribution in [0.5, 0.6) is 0 Å². The molecule has 0 radical (unpaired) electrons. The van der Waals surface area contributed by atoms with Crippen LogP contribution in [0.3, 0.4) is 0 Å². The number of anilines is 1. The number of halogens is 1. The molecule has 1 aromatic rings. The first-order valence-electron chi connectivity index (χ1n) is 7.84. The fourth-order valence-corrected chi connectivity index (χ4v) is 2.03. The van der Waals surface area contributed by atoms with Gasteiger partial charge in [-0.05, 0) is 24.3 Å². The van der Waals surface area contributed by atoms with Gasteiger partial charge in [-0.2, -0.15) is 10.5 Å². The Kier molecular flexibility index (Phi) is 8.20. The smallest absolute Gasteiger partial charge is 0.319 e. The second kappa shape index (κ2) is 10.4. The summed E-state index contributed by atoms with van der Waals surface area (Å²) in [5, 5.41) is 22.2. The number of rotatable bonds is 7. The van der Waals surface area contributed by atoms with Crippen LogP contribution >= 0.6 is 0 Å². The topological polar surface area (TPSA) is 129 Å². The number of carbonyl (C=O) groups is 3. The zero-order valence-electron chi connectivity index (χ0n) is 14.9. The lowest BCUT2D eigenvalue weighted by atomic mass is 10.1. The Morgan fingerprint density at radius 2 is 1.63 bits per heavy atom. The van der Waals surface area contributed by atoms with Gasteiger partial charge in [0.15, 0.2) is 0 Å². The van der Waals surface area contributed by atoms with Crippen LogP contribution in [0, 0.1) is 28.5 Å². The molecule has 142 valence electrons. The van der Waals surface area contributed by atoms with Gasteiger partial charge >= 0.3 is 6.03 Å². The molecule has 1 rings (SSSR count). The van der Waals surface area contributed by atoms with Crippen LogP contribution in [0.1, 0.15) is 6.42 Å². The van der Waals surface area contributed by atoms with E-state index in [2.05, 4.69) is 10.6 Å². The molecule has 10 heteroatoms. The van der Waals surface area contributed by atoms with Gasteiger partial charge in [0.2, 0.25) is 11.8 Å². The van der Waals surface area contributed by atoms with Crippen molar-refractivity contribution < 1.29 is 18.8 Å². The number of nitrogens with one attached hydrogen (secondary N) is 2. The average molecular weight is 374 g/mol. The first-order valence-corrected chi connectivity index (χ1v) is 7.84. The number of urea groups is 1. The normalized spacial score (nSPS) is 10.7. The molecule has 0 saturated heterocycles. The third-order valence-corrected chi connectivity index (χ3v) is 3.50. The molecule has 1 atom stereocenters. The molecule has 0 spiro atoms.